The molecule has 15 heavy (non-hydrogen) atoms. The molecule has 4 atom stereocenters. The van der Waals surface area contributed by atoms with Crippen LogP contribution in [0.4, 0.5) is 0 Å². The van der Waals surface area contributed by atoms with Crippen LogP contribution in [0.1, 0.15) is 26.7 Å². The van der Waals surface area contributed by atoms with Gasteiger partial charge in [0.05, 0.1) is 11.7 Å². The van der Waals surface area contributed by atoms with Gasteiger partial charge in [0.2, 0.25) is 0 Å². The maximum Gasteiger partial charge on any atom is 0.313 e. The summed E-state index contributed by atoms with van der Waals surface area (Å²) >= 11 is 0. The van der Waals surface area contributed by atoms with Crippen LogP contribution in [0, 0.1) is 11.3 Å². The summed E-state index contributed by atoms with van der Waals surface area (Å²) in [7, 11) is 0. The molecule has 0 aromatic carbocycles. The zero-order chi connectivity index (χ0) is 11.4. The van der Waals surface area contributed by atoms with Crippen molar-refractivity contribution in [3.8, 4) is 0 Å². The number of rotatable bonds is 2. The second kappa shape index (κ2) is 2.72. The maximum atomic E-state index is 11.3. The van der Waals surface area contributed by atoms with E-state index in [4.69, 9.17) is 9.84 Å². The fourth-order valence-electron chi connectivity index (χ4n) is 2.95. The van der Waals surface area contributed by atoms with Crippen LogP contribution in [0.15, 0.2) is 0 Å². The van der Waals surface area contributed by atoms with Gasteiger partial charge in [-0.3, -0.25) is 9.59 Å². The minimum absolute atomic E-state index is 0.450. The first-order chi connectivity index (χ1) is 6.83. The summed E-state index contributed by atoms with van der Waals surface area (Å²) in [5.74, 6) is -3.10. The van der Waals surface area contributed by atoms with Gasteiger partial charge in [-0.1, -0.05) is 0 Å². The van der Waals surface area contributed by atoms with Crippen molar-refractivity contribution in [3.63, 3.8) is 0 Å². The Kier molecular flexibility index (Phi) is 1.89. The Hall–Kier alpha value is -1.10. The highest BCUT2D eigenvalue weighted by molar-refractivity contribution is 5.86. The number of hydrogen-bond donors (Lipinski definition) is 2. The van der Waals surface area contributed by atoms with E-state index in [2.05, 4.69) is 0 Å². The van der Waals surface area contributed by atoms with E-state index in [1.165, 1.54) is 6.92 Å². The SMILES string of the molecule is CC12CCC(O1)C(C(=O)O)C2(C)C(=O)O. The average molecular weight is 214 g/mol. The molecule has 5 heteroatoms. The van der Waals surface area contributed by atoms with E-state index < -0.39 is 35.0 Å². The van der Waals surface area contributed by atoms with E-state index in [1.54, 1.807) is 6.92 Å². The quantitative estimate of drug-likeness (QED) is 0.707. The minimum Gasteiger partial charge on any atom is -0.481 e. The van der Waals surface area contributed by atoms with E-state index in [9.17, 15) is 14.7 Å². The molecule has 0 aromatic heterocycles. The normalized spacial score (nSPS) is 48.1. The number of carboxylic acid groups (broad SMARTS) is 2. The maximum absolute atomic E-state index is 11.3. The molecule has 0 spiro atoms. The number of aliphatic carboxylic acids is 2. The Morgan fingerprint density at radius 3 is 2.33 bits per heavy atom. The van der Waals surface area contributed by atoms with Gasteiger partial charge in [-0.25, -0.2) is 0 Å². The highest BCUT2D eigenvalue weighted by atomic mass is 16.5. The molecule has 2 rings (SSSR count). The second-order valence-electron chi connectivity index (χ2n) is 4.75. The molecule has 2 aliphatic rings. The van der Waals surface area contributed by atoms with Gasteiger partial charge in [-0.2, -0.15) is 0 Å². The van der Waals surface area contributed by atoms with Gasteiger partial charge < -0.3 is 14.9 Å². The molecule has 2 N–H and O–H groups in total. The number of carbonyl (C=O) groups is 2. The zero-order valence-corrected chi connectivity index (χ0v) is 8.69. The van der Waals surface area contributed by atoms with Gasteiger partial charge in [0.25, 0.3) is 0 Å². The fraction of sp³-hybridized carbons (Fsp3) is 0.800. The molecule has 5 nitrogen and oxygen atoms in total. The summed E-state index contributed by atoms with van der Waals surface area (Å²) in [6, 6.07) is 0. The van der Waals surface area contributed by atoms with Gasteiger partial charge in [0, 0.05) is 0 Å². The Balaban J connectivity index is 2.49. The standard InChI is InChI=1S/C10H14O5/c1-9-4-3-5(15-9)6(7(11)12)10(9,2)8(13)14/h5-6H,3-4H2,1-2H3,(H,11,12)(H,13,14). The molecule has 84 valence electrons. The summed E-state index contributed by atoms with van der Waals surface area (Å²) < 4.78 is 5.55. The third kappa shape index (κ3) is 1.01. The first kappa shape index (κ1) is 10.4. The van der Waals surface area contributed by atoms with Crippen LogP contribution in [0.5, 0.6) is 0 Å². The van der Waals surface area contributed by atoms with Crippen molar-refractivity contribution in [2.45, 2.75) is 38.4 Å². The molecule has 4 unspecified atom stereocenters. The molecule has 2 aliphatic heterocycles. The van der Waals surface area contributed by atoms with Gasteiger partial charge in [0.15, 0.2) is 0 Å². The first-order valence-corrected chi connectivity index (χ1v) is 4.97. The van der Waals surface area contributed by atoms with Crippen LogP contribution >= 0.6 is 0 Å². The molecular formula is C10H14O5. The molecule has 0 radical (unpaired) electrons. The first-order valence-electron chi connectivity index (χ1n) is 4.97. The van der Waals surface area contributed by atoms with Crippen LogP contribution in [0.25, 0.3) is 0 Å². The summed E-state index contributed by atoms with van der Waals surface area (Å²) in [4.78, 5) is 22.4. The lowest BCUT2D eigenvalue weighted by molar-refractivity contribution is -0.166. The Bertz CT molecular complexity index is 339. The van der Waals surface area contributed by atoms with E-state index in [0.717, 1.165) is 0 Å². The smallest absolute Gasteiger partial charge is 0.313 e. The third-order valence-electron chi connectivity index (χ3n) is 4.12. The molecule has 2 fully saturated rings. The van der Waals surface area contributed by atoms with Crippen molar-refractivity contribution in [2.24, 2.45) is 11.3 Å². The number of carboxylic acids is 2. The zero-order valence-electron chi connectivity index (χ0n) is 8.69. The Morgan fingerprint density at radius 1 is 1.33 bits per heavy atom. The van der Waals surface area contributed by atoms with Crippen molar-refractivity contribution < 1.29 is 24.5 Å². The molecule has 0 amide bonds. The summed E-state index contributed by atoms with van der Waals surface area (Å²) in [5, 5.41) is 18.3. The number of fused-ring (bicyclic) bond motifs is 2. The highest BCUT2D eigenvalue weighted by Crippen LogP contribution is 2.58. The lowest BCUT2D eigenvalue weighted by Gasteiger charge is -2.38. The summed E-state index contributed by atoms with van der Waals surface area (Å²) in [6.45, 7) is 3.18. The monoisotopic (exact) mass is 214 g/mol. The van der Waals surface area contributed by atoms with Crippen LogP contribution in [-0.4, -0.2) is 33.9 Å². The van der Waals surface area contributed by atoms with E-state index >= 15 is 0 Å². The van der Waals surface area contributed by atoms with Crippen molar-refractivity contribution in [2.75, 3.05) is 0 Å². The summed E-state index contributed by atoms with van der Waals surface area (Å²) in [6.07, 6.45) is 0.800. The van der Waals surface area contributed by atoms with Crippen LogP contribution in [0.2, 0.25) is 0 Å². The third-order valence-corrected chi connectivity index (χ3v) is 4.12. The number of hydrogen-bond acceptors (Lipinski definition) is 3. The molecular weight excluding hydrogens is 200 g/mol. The lowest BCUT2D eigenvalue weighted by atomic mass is 9.61. The van der Waals surface area contributed by atoms with Gasteiger partial charge in [-0.05, 0) is 26.7 Å². The second-order valence-corrected chi connectivity index (χ2v) is 4.75. The molecule has 2 heterocycles. The molecule has 2 saturated heterocycles. The lowest BCUT2D eigenvalue weighted by Crippen LogP contribution is -2.53. The highest BCUT2D eigenvalue weighted by Gasteiger charge is 2.70. The van der Waals surface area contributed by atoms with E-state index in [-0.39, 0.29) is 0 Å². The molecule has 0 aliphatic carbocycles. The topological polar surface area (TPSA) is 83.8 Å². The Morgan fingerprint density at radius 2 is 1.93 bits per heavy atom. The van der Waals surface area contributed by atoms with Crippen molar-refractivity contribution in [1.29, 1.82) is 0 Å². The number of ether oxygens (including phenoxy) is 1. The largest absolute Gasteiger partial charge is 0.481 e. The van der Waals surface area contributed by atoms with Crippen LogP contribution in [0.3, 0.4) is 0 Å². The van der Waals surface area contributed by atoms with Crippen LogP contribution < -0.4 is 0 Å². The van der Waals surface area contributed by atoms with Crippen molar-refractivity contribution in [3.05, 3.63) is 0 Å². The van der Waals surface area contributed by atoms with Crippen molar-refractivity contribution in [1.82, 2.24) is 0 Å². The Labute approximate surface area is 87.0 Å². The van der Waals surface area contributed by atoms with Crippen molar-refractivity contribution >= 4 is 11.9 Å². The van der Waals surface area contributed by atoms with Gasteiger partial charge >= 0.3 is 11.9 Å². The molecule has 2 bridgehead atoms. The molecule has 0 saturated carbocycles. The minimum atomic E-state index is -1.32. The predicted octanol–water partition coefficient (Wildman–Crippen LogP) is 0.729. The average Bonchev–Trinajstić information content (AvgIpc) is 2.56. The van der Waals surface area contributed by atoms with E-state index in [0.29, 0.717) is 12.8 Å². The summed E-state index contributed by atoms with van der Waals surface area (Å²) in [5.41, 5.74) is -2.16. The predicted molar refractivity (Wildman–Crippen MR) is 49.4 cm³/mol. The van der Waals surface area contributed by atoms with Gasteiger partial charge in [0.1, 0.15) is 11.3 Å². The van der Waals surface area contributed by atoms with E-state index in [1.807, 2.05) is 0 Å². The fourth-order valence-corrected chi connectivity index (χ4v) is 2.95. The van der Waals surface area contributed by atoms with Gasteiger partial charge in [-0.15, -0.1) is 0 Å². The molecule has 0 aromatic rings. The van der Waals surface area contributed by atoms with Crippen LogP contribution in [-0.2, 0) is 14.3 Å².